The van der Waals surface area contributed by atoms with Crippen LogP contribution < -0.4 is 5.32 Å². The van der Waals surface area contributed by atoms with Gasteiger partial charge in [0.15, 0.2) is 0 Å². The van der Waals surface area contributed by atoms with Crippen LogP contribution in [0.4, 0.5) is 0 Å². The number of nitrogens with one attached hydrogen (secondary N) is 1. The zero-order valence-corrected chi connectivity index (χ0v) is 14.2. The van der Waals surface area contributed by atoms with Crippen LogP contribution in [-0.4, -0.2) is 17.4 Å². The molecule has 1 heterocycles. The van der Waals surface area contributed by atoms with Gasteiger partial charge in [0.25, 0.3) is 0 Å². The molecule has 1 aliphatic carbocycles. The van der Waals surface area contributed by atoms with E-state index in [-0.39, 0.29) is 11.8 Å². The van der Waals surface area contributed by atoms with Gasteiger partial charge in [0.1, 0.15) is 0 Å². The van der Waals surface area contributed by atoms with Crippen LogP contribution in [0.1, 0.15) is 28.6 Å². The second-order valence-corrected chi connectivity index (χ2v) is 7.28. The van der Waals surface area contributed by atoms with E-state index >= 15 is 0 Å². The lowest BCUT2D eigenvalue weighted by Gasteiger charge is -2.04. The lowest BCUT2D eigenvalue weighted by Crippen LogP contribution is -2.27. The molecule has 3 nitrogen and oxygen atoms in total. The molecule has 1 aliphatic rings. The summed E-state index contributed by atoms with van der Waals surface area (Å²) in [4.78, 5) is 16.5. The third-order valence-corrected chi connectivity index (χ3v) is 5.29. The number of carbonyl (C=O) groups is 1. The first-order valence-electron chi connectivity index (χ1n) is 7.07. The van der Waals surface area contributed by atoms with Gasteiger partial charge in [-0.3, -0.25) is 4.79 Å². The summed E-state index contributed by atoms with van der Waals surface area (Å²) < 4.78 is 1.08. The Bertz CT molecular complexity index is 638. The molecule has 0 unspecified atom stereocenters. The lowest BCUT2D eigenvalue weighted by molar-refractivity contribution is -0.122. The Kier molecular flexibility index (Phi) is 4.40. The summed E-state index contributed by atoms with van der Waals surface area (Å²) >= 11 is 5.09. The number of amides is 1. The van der Waals surface area contributed by atoms with Crippen molar-refractivity contribution in [2.75, 3.05) is 6.54 Å². The molecule has 1 fully saturated rings. The number of thiazole rings is 1. The summed E-state index contributed by atoms with van der Waals surface area (Å²) in [5, 5.41) is 6.17. The Morgan fingerprint density at radius 2 is 2.19 bits per heavy atom. The Hall–Kier alpha value is -1.20. The van der Waals surface area contributed by atoms with Crippen LogP contribution in [0.2, 0.25) is 0 Å². The quantitative estimate of drug-likeness (QED) is 0.878. The van der Waals surface area contributed by atoms with Crippen molar-refractivity contribution in [3.63, 3.8) is 0 Å². The highest BCUT2D eigenvalue weighted by Crippen LogP contribution is 2.47. The molecule has 0 spiro atoms. The molecule has 1 amide bonds. The summed E-state index contributed by atoms with van der Waals surface area (Å²) in [6, 6.07) is 8.27. The van der Waals surface area contributed by atoms with Crippen LogP contribution >= 0.6 is 27.3 Å². The molecule has 1 saturated carbocycles. The molecule has 110 valence electrons. The molecule has 2 atom stereocenters. The van der Waals surface area contributed by atoms with E-state index in [4.69, 9.17) is 0 Å². The van der Waals surface area contributed by atoms with Crippen LogP contribution in [0.3, 0.4) is 0 Å². The Morgan fingerprint density at radius 1 is 1.43 bits per heavy atom. The maximum atomic E-state index is 12.1. The number of aryl methyl sites for hydroxylation is 1. The fraction of sp³-hybridized carbons (Fsp3) is 0.375. The van der Waals surface area contributed by atoms with E-state index in [0.29, 0.717) is 12.5 Å². The second kappa shape index (κ2) is 6.28. The van der Waals surface area contributed by atoms with E-state index in [1.54, 1.807) is 11.3 Å². The first kappa shape index (κ1) is 14.7. The highest BCUT2D eigenvalue weighted by molar-refractivity contribution is 9.10. The second-order valence-electron chi connectivity index (χ2n) is 5.42. The van der Waals surface area contributed by atoms with E-state index in [0.717, 1.165) is 28.0 Å². The maximum Gasteiger partial charge on any atom is 0.223 e. The molecule has 0 aliphatic heterocycles. The standard InChI is InChI=1S/C16H17BrN2OS/c1-10-9-21-15(19-10)6-7-18-16(20)14-8-13(14)11-2-4-12(17)5-3-11/h2-5,9,13-14H,6-8H2,1H3,(H,18,20)/t13-,14-/m0/s1. The molecule has 0 radical (unpaired) electrons. The molecule has 1 N–H and O–H groups in total. The fourth-order valence-corrected chi connectivity index (χ4v) is 3.54. The number of aromatic nitrogens is 1. The summed E-state index contributed by atoms with van der Waals surface area (Å²) in [7, 11) is 0. The minimum atomic E-state index is 0.143. The number of carbonyl (C=O) groups excluding carboxylic acids is 1. The summed E-state index contributed by atoms with van der Waals surface area (Å²) in [5.41, 5.74) is 2.31. The average molecular weight is 365 g/mol. The molecular weight excluding hydrogens is 348 g/mol. The Labute approximate surface area is 136 Å². The zero-order chi connectivity index (χ0) is 14.8. The Balaban J connectivity index is 1.46. The third-order valence-electron chi connectivity index (χ3n) is 3.73. The molecule has 1 aromatic carbocycles. The van der Waals surface area contributed by atoms with Crippen LogP contribution in [0, 0.1) is 12.8 Å². The average Bonchev–Trinajstić information content (AvgIpc) is 3.16. The van der Waals surface area contributed by atoms with Crippen molar-refractivity contribution < 1.29 is 4.79 Å². The van der Waals surface area contributed by atoms with Gasteiger partial charge >= 0.3 is 0 Å². The highest BCUT2D eigenvalue weighted by Gasteiger charge is 2.43. The van der Waals surface area contributed by atoms with Crippen molar-refractivity contribution in [1.29, 1.82) is 0 Å². The SMILES string of the molecule is Cc1csc(CCNC(=O)[C@H]2C[C@H]2c2ccc(Br)cc2)n1. The zero-order valence-electron chi connectivity index (χ0n) is 11.8. The van der Waals surface area contributed by atoms with Crippen molar-refractivity contribution in [3.8, 4) is 0 Å². The first-order chi connectivity index (χ1) is 10.1. The van der Waals surface area contributed by atoms with Crippen LogP contribution in [0.15, 0.2) is 34.1 Å². The van der Waals surface area contributed by atoms with Crippen molar-refractivity contribution in [3.05, 3.63) is 50.4 Å². The van der Waals surface area contributed by atoms with Gasteiger partial charge in [-0.1, -0.05) is 28.1 Å². The monoisotopic (exact) mass is 364 g/mol. The summed E-state index contributed by atoms with van der Waals surface area (Å²) in [5.74, 6) is 0.709. The molecule has 2 aromatic rings. The molecule has 3 rings (SSSR count). The molecule has 0 bridgehead atoms. The van der Waals surface area contributed by atoms with Gasteiger partial charge in [-0.15, -0.1) is 11.3 Å². The largest absolute Gasteiger partial charge is 0.355 e. The van der Waals surface area contributed by atoms with Crippen molar-refractivity contribution in [2.24, 2.45) is 5.92 Å². The van der Waals surface area contributed by atoms with E-state index in [1.165, 1.54) is 5.56 Å². The van der Waals surface area contributed by atoms with Gasteiger partial charge in [0.05, 0.1) is 5.01 Å². The normalized spacial score (nSPS) is 20.3. The smallest absolute Gasteiger partial charge is 0.223 e. The minimum Gasteiger partial charge on any atom is -0.355 e. The van der Waals surface area contributed by atoms with E-state index in [1.807, 2.05) is 24.4 Å². The summed E-state index contributed by atoms with van der Waals surface area (Å²) in [6.45, 7) is 2.67. The van der Waals surface area contributed by atoms with Crippen LogP contribution in [0.5, 0.6) is 0 Å². The van der Waals surface area contributed by atoms with Gasteiger partial charge < -0.3 is 5.32 Å². The number of rotatable bonds is 5. The molecule has 1 aromatic heterocycles. The van der Waals surface area contributed by atoms with Gasteiger partial charge in [-0.05, 0) is 37.0 Å². The maximum absolute atomic E-state index is 12.1. The molecule has 21 heavy (non-hydrogen) atoms. The number of hydrogen-bond donors (Lipinski definition) is 1. The van der Waals surface area contributed by atoms with Crippen molar-refractivity contribution in [2.45, 2.75) is 25.7 Å². The van der Waals surface area contributed by atoms with Crippen molar-refractivity contribution in [1.82, 2.24) is 10.3 Å². The highest BCUT2D eigenvalue weighted by atomic mass is 79.9. The topological polar surface area (TPSA) is 42.0 Å². The van der Waals surface area contributed by atoms with Crippen LogP contribution in [-0.2, 0) is 11.2 Å². The third kappa shape index (κ3) is 3.71. The lowest BCUT2D eigenvalue weighted by atomic mass is 10.1. The molecular formula is C16H17BrN2OS. The first-order valence-corrected chi connectivity index (χ1v) is 8.75. The Morgan fingerprint density at radius 3 is 2.86 bits per heavy atom. The van der Waals surface area contributed by atoms with Crippen LogP contribution in [0.25, 0.3) is 0 Å². The number of halogens is 1. The number of hydrogen-bond acceptors (Lipinski definition) is 3. The summed E-state index contributed by atoms with van der Waals surface area (Å²) in [6.07, 6.45) is 1.78. The van der Waals surface area contributed by atoms with E-state index < -0.39 is 0 Å². The molecule has 5 heteroatoms. The fourth-order valence-electron chi connectivity index (χ4n) is 2.50. The van der Waals surface area contributed by atoms with Gasteiger partial charge in [-0.25, -0.2) is 4.98 Å². The molecule has 0 saturated heterocycles. The van der Waals surface area contributed by atoms with Gasteiger partial charge in [0, 0.05) is 34.4 Å². The number of nitrogens with zero attached hydrogens (tertiary/aromatic N) is 1. The van der Waals surface area contributed by atoms with Gasteiger partial charge in [0.2, 0.25) is 5.91 Å². The van der Waals surface area contributed by atoms with Crippen molar-refractivity contribution >= 4 is 33.2 Å². The van der Waals surface area contributed by atoms with E-state index in [2.05, 4.69) is 38.4 Å². The predicted molar refractivity (Wildman–Crippen MR) is 88.6 cm³/mol. The van der Waals surface area contributed by atoms with Gasteiger partial charge in [-0.2, -0.15) is 0 Å². The predicted octanol–water partition coefficient (Wildman–Crippen LogP) is 3.68. The van der Waals surface area contributed by atoms with E-state index in [9.17, 15) is 4.79 Å². The number of benzene rings is 1. The minimum absolute atomic E-state index is 0.143.